The van der Waals surface area contributed by atoms with Crippen LogP contribution < -0.4 is 14.5 Å². The van der Waals surface area contributed by atoms with Crippen molar-refractivity contribution in [2.24, 2.45) is 0 Å². The Balaban J connectivity index is 1.31. The van der Waals surface area contributed by atoms with Gasteiger partial charge in [0.25, 0.3) is 0 Å². The lowest BCUT2D eigenvalue weighted by molar-refractivity contribution is -0.124. The molecule has 3 aliphatic heterocycles. The van der Waals surface area contributed by atoms with Crippen LogP contribution in [0.15, 0.2) is 61.0 Å². The molecule has 0 radical (unpaired) electrons. The molecule has 0 saturated carbocycles. The molecule has 0 bridgehead atoms. The third-order valence-electron chi connectivity index (χ3n) is 8.22. The van der Waals surface area contributed by atoms with Crippen LogP contribution in [0.5, 0.6) is 6.01 Å². The number of aromatic nitrogens is 2. The second kappa shape index (κ2) is 13.6. The van der Waals surface area contributed by atoms with E-state index < -0.39 is 0 Å². The molecule has 1 saturated heterocycles. The summed E-state index contributed by atoms with van der Waals surface area (Å²) in [4.78, 5) is 28.1. The number of hydrogen-bond acceptors (Lipinski definition) is 9. The largest absolute Gasteiger partial charge is 0.461 e. The molecule has 4 heterocycles. The zero-order valence-electron chi connectivity index (χ0n) is 24.6. The lowest BCUT2D eigenvalue weighted by Crippen LogP contribution is -2.42. The molecule has 228 valence electrons. The van der Waals surface area contributed by atoms with Crippen LogP contribution in [-0.4, -0.2) is 72.9 Å². The summed E-state index contributed by atoms with van der Waals surface area (Å²) < 4.78 is 17.5. The molecule has 0 N–H and O–H groups in total. The van der Waals surface area contributed by atoms with Gasteiger partial charge in [-0.1, -0.05) is 42.4 Å². The van der Waals surface area contributed by atoms with Crippen LogP contribution in [0.1, 0.15) is 30.5 Å². The minimum absolute atomic E-state index is 0.0892. The summed E-state index contributed by atoms with van der Waals surface area (Å²) in [5.41, 5.74) is 3.55. The Kier molecular flexibility index (Phi) is 9.26. The van der Waals surface area contributed by atoms with Gasteiger partial charge in [-0.05, 0) is 42.9 Å². The van der Waals surface area contributed by atoms with Gasteiger partial charge in [0, 0.05) is 55.7 Å². The van der Waals surface area contributed by atoms with E-state index in [1.54, 1.807) is 4.90 Å². The number of halogens is 1. The fraction of sp³-hybridized carbons (Fsp3) is 0.394. The second-order valence-corrected chi connectivity index (χ2v) is 11.3. The molecule has 0 atom stereocenters. The number of carbonyl (C=O) groups excluding carboxylic acids is 1. The van der Waals surface area contributed by atoms with Crippen LogP contribution in [0.4, 0.5) is 11.5 Å². The number of benzene rings is 2. The Bertz CT molecular complexity index is 1610. The fourth-order valence-electron chi connectivity index (χ4n) is 6.04. The van der Waals surface area contributed by atoms with Crippen LogP contribution in [0.2, 0.25) is 5.02 Å². The number of anilines is 2. The number of rotatable bonds is 9. The lowest BCUT2D eigenvalue weighted by Gasteiger charge is -2.36. The van der Waals surface area contributed by atoms with Crippen molar-refractivity contribution in [3.63, 3.8) is 0 Å². The number of hydrogen-bond donors (Lipinski definition) is 0. The number of ether oxygens (including phenoxy) is 3. The van der Waals surface area contributed by atoms with E-state index in [0.29, 0.717) is 63.2 Å². The van der Waals surface area contributed by atoms with Gasteiger partial charge in [-0.25, -0.2) is 0 Å². The quantitative estimate of drug-likeness (QED) is 0.243. The highest BCUT2D eigenvalue weighted by molar-refractivity contribution is 6.36. The minimum Gasteiger partial charge on any atom is -0.461 e. The van der Waals surface area contributed by atoms with Crippen molar-refractivity contribution in [2.45, 2.75) is 38.3 Å². The van der Waals surface area contributed by atoms with Gasteiger partial charge in [-0.3, -0.25) is 4.79 Å². The Morgan fingerprint density at radius 2 is 1.95 bits per heavy atom. The molecule has 44 heavy (non-hydrogen) atoms. The van der Waals surface area contributed by atoms with E-state index in [1.165, 1.54) is 6.08 Å². The Morgan fingerprint density at radius 3 is 2.75 bits per heavy atom. The number of nitriles is 1. The first kappa shape index (κ1) is 29.9. The summed E-state index contributed by atoms with van der Waals surface area (Å²) in [6, 6.07) is 14.6. The number of amides is 1. The average molecular weight is 615 g/mol. The highest BCUT2D eigenvalue weighted by Gasteiger charge is 2.29. The minimum atomic E-state index is -0.228. The molecule has 1 aromatic heterocycles. The monoisotopic (exact) mass is 614 g/mol. The first-order chi connectivity index (χ1) is 21.6. The summed E-state index contributed by atoms with van der Waals surface area (Å²) in [7, 11) is 0. The van der Waals surface area contributed by atoms with Crippen molar-refractivity contribution in [3.05, 3.63) is 77.2 Å². The molecular weight excluding hydrogens is 580 g/mol. The molecule has 6 rings (SSSR count). The van der Waals surface area contributed by atoms with Gasteiger partial charge in [0.05, 0.1) is 48.2 Å². The van der Waals surface area contributed by atoms with Crippen LogP contribution in [0.3, 0.4) is 0 Å². The molecule has 3 aromatic rings. The maximum absolute atomic E-state index is 12.5. The zero-order valence-corrected chi connectivity index (χ0v) is 25.3. The number of nitrogens with zero attached hydrogens (tertiary/aromatic N) is 6. The summed E-state index contributed by atoms with van der Waals surface area (Å²) in [6.45, 7) is 8.00. The van der Waals surface area contributed by atoms with Gasteiger partial charge in [0.2, 0.25) is 5.91 Å². The van der Waals surface area contributed by atoms with E-state index in [9.17, 15) is 10.1 Å². The molecule has 11 heteroatoms. The summed E-state index contributed by atoms with van der Waals surface area (Å²) in [6.07, 6.45) is 5.84. The van der Waals surface area contributed by atoms with E-state index in [4.69, 9.17) is 35.8 Å². The van der Waals surface area contributed by atoms with E-state index in [-0.39, 0.29) is 24.4 Å². The van der Waals surface area contributed by atoms with Crippen molar-refractivity contribution < 1.29 is 19.0 Å². The molecular formula is C33H35ClN6O4. The molecule has 10 nitrogen and oxygen atoms in total. The van der Waals surface area contributed by atoms with Gasteiger partial charge in [-0.2, -0.15) is 15.2 Å². The molecule has 1 amide bonds. The smallest absolute Gasteiger partial charge is 0.318 e. The Morgan fingerprint density at radius 1 is 1.14 bits per heavy atom. The Hall–Kier alpha value is -4.17. The normalized spacial score (nSPS) is 17.2. The standard InChI is InChI=1S/C33H35ClN6O4/c1-2-30(41)40-16-15-39(21-24(40)9-13-35)32-26-10-14-38(29-8-4-6-23-5-3-7-27(34)31(23)29)22-28(26)36-33(37-32)44-20-19-43-25-11-17-42-18-12-25/h2-8,21,25H,1,9-12,14-20,22H2. The van der Waals surface area contributed by atoms with E-state index in [0.717, 1.165) is 52.9 Å². The molecule has 0 spiro atoms. The predicted molar refractivity (Wildman–Crippen MR) is 169 cm³/mol. The SMILES string of the molecule is C=CC(=O)N1CCN(c2nc(OCCOC3CCOCC3)nc3c2CCN(c2cccc4cccc(Cl)c24)C3)C=C1CC#N. The van der Waals surface area contributed by atoms with E-state index >= 15 is 0 Å². The number of allylic oxidation sites excluding steroid dienone is 1. The summed E-state index contributed by atoms with van der Waals surface area (Å²) >= 11 is 6.68. The maximum atomic E-state index is 12.5. The molecule has 3 aliphatic rings. The van der Waals surface area contributed by atoms with Crippen LogP contribution in [0.25, 0.3) is 10.8 Å². The zero-order chi connectivity index (χ0) is 30.5. The number of carbonyl (C=O) groups is 1. The molecule has 2 aromatic carbocycles. The first-order valence-corrected chi connectivity index (χ1v) is 15.4. The second-order valence-electron chi connectivity index (χ2n) is 10.9. The summed E-state index contributed by atoms with van der Waals surface area (Å²) in [5, 5.41) is 12.3. The molecule has 1 fully saturated rings. The van der Waals surface area contributed by atoms with Crippen LogP contribution in [0, 0.1) is 11.3 Å². The summed E-state index contributed by atoms with van der Waals surface area (Å²) in [5.74, 6) is 0.501. The van der Waals surface area contributed by atoms with Crippen molar-refractivity contribution in [2.75, 3.05) is 55.9 Å². The maximum Gasteiger partial charge on any atom is 0.318 e. The predicted octanol–water partition coefficient (Wildman–Crippen LogP) is 5.01. The third kappa shape index (κ3) is 6.36. The van der Waals surface area contributed by atoms with Crippen molar-refractivity contribution in [3.8, 4) is 12.1 Å². The van der Waals surface area contributed by atoms with Crippen LogP contribution >= 0.6 is 11.6 Å². The first-order valence-electron chi connectivity index (χ1n) is 15.0. The Labute approximate surface area is 262 Å². The van der Waals surface area contributed by atoms with Gasteiger partial charge < -0.3 is 28.9 Å². The molecule has 0 aliphatic carbocycles. The number of fused-ring (bicyclic) bond motifs is 2. The van der Waals surface area contributed by atoms with Crippen LogP contribution in [-0.2, 0) is 27.2 Å². The van der Waals surface area contributed by atoms with E-state index in [1.807, 2.05) is 29.3 Å². The topological polar surface area (TPSA) is 104 Å². The van der Waals surface area contributed by atoms with Gasteiger partial charge in [0.1, 0.15) is 12.4 Å². The lowest BCUT2D eigenvalue weighted by atomic mass is 10.0. The van der Waals surface area contributed by atoms with Gasteiger partial charge in [-0.15, -0.1) is 0 Å². The highest BCUT2D eigenvalue weighted by atomic mass is 35.5. The van der Waals surface area contributed by atoms with Crippen molar-refractivity contribution >= 4 is 39.8 Å². The average Bonchev–Trinajstić information content (AvgIpc) is 3.06. The molecule has 0 unspecified atom stereocenters. The van der Waals surface area contributed by atoms with Gasteiger partial charge >= 0.3 is 6.01 Å². The van der Waals surface area contributed by atoms with E-state index in [2.05, 4.69) is 35.7 Å². The highest BCUT2D eigenvalue weighted by Crippen LogP contribution is 2.37. The fourth-order valence-corrected chi connectivity index (χ4v) is 6.32. The van der Waals surface area contributed by atoms with Crippen molar-refractivity contribution in [1.82, 2.24) is 14.9 Å². The third-order valence-corrected chi connectivity index (χ3v) is 8.54. The van der Waals surface area contributed by atoms with Crippen molar-refractivity contribution in [1.29, 1.82) is 5.26 Å². The van der Waals surface area contributed by atoms with Gasteiger partial charge in [0.15, 0.2) is 0 Å².